The van der Waals surface area contributed by atoms with Gasteiger partial charge in [0.05, 0.1) is 3.92 Å². The highest BCUT2D eigenvalue weighted by atomic mass is 127. The van der Waals surface area contributed by atoms with Crippen molar-refractivity contribution in [2.24, 2.45) is 0 Å². The average Bonchev–Trinajstić information content (AvgIpc) is 1.95. The fourth-order valence-electron chi connectivity index (χ4n) is 0.779. The maximum atomic E-state index is 10.8. The second-order valence-electron chi connectivity index (χ2n) is 2.22. The van der Waals surface area contributed by atoms with E-state index in [0.717, 1.165) is 0 Å². The van der Waals surface area contributed by atoms with Gasteiger partial charge >= 0.3 is 5.97 Å². The number of carbonyl (C=O) groups is 1. The predicted octanol–water partition coefficient (Wildman–Crippen LogP) is 2.17. The summed E-state index contributed by atoms with van der Waals surface area (Å²) in [6, 6.07) is 0. The van der Waals surface area contributed by atoms with Crippen molar-refractivity contribution < 1.29 is 9.90 Å². The summed E-state index contributed by atoms with van der Waals surface area (Å²) in [5.74, 6) is -0.780. The van der Waals surface area contributed by atoms with Crippen molar-refractivity contribution in [2.45, 2.75) is 7.35 Å². The van der Waals surface area contributed by atoms with E-state index in [-0.39, 0.29) is 3.92 Å². The molecule has 0 heterocycles. The number of alkyl halides is 2. The minimum Gasteiger partial charge on any atom is -0.480 e. The number of hydrogen-bond acceptors (Lipinski definition) is 1. The van der Waals surface area contributed by atoms with E-state index < -0.39 is 9.39 Å². The molecule has 60 valence electrons. The average molecular weight is 376 g/mol. The first-order valence-corrected chi connectivity index (χ1v) is 5.32. The predicted molar refractivity (Wildman–Crippen MR) is 60.5 cm³/mol. The Morgan fingerprint density at radius 2 is 2.18 bits per heavy atom. The molecule has 1 N–H and O–H groups in total. The Morgan fingerprint density at radius 3 is 2.55 bits per heavy atom. The van der Waals surface area contributed by atoms with Gasteiger partial charge in [0, 0.05) is 0 Å². The Hall–Kier alpha value is 0.410. The van der Waals surface area contributed by atoms with E-state index in [4.69, 9.17) is 5.11 Å². The summed E-state index contributed by atoms with van der Waals surface area (Å²) in [5.41, 5.74) is 0. The molecular formula is C7H6I2O2. The van der Waals surface area contributed by atoms with E-state index in [1.165, 1.54) is 0 Å². The van der Waals surface area contributed by atoms with Gasteiger partial charge in [0.25, 0.3) is 0 Å². The van der Waals surface area contributed by atoms with E-state index in [1.54, 1.807) is 12.2 Å². The maximum absolute atomic E-state index is 10.8. The Kier molecular flexibility index (Phi) is 2.96. The number of hydrogen-bond donors (Lipinski definition) is 1. The Morgan fingerprint density at radius 1 is 1.55 bits per heavy atom. The van der Waals surface area contributed by atoms with E-state index in [0.29, 0.717) is 0 Å². The van der Waals surface area contributed by atoms with Crippen molar-refractivity contribution >= 4 is 51.2 Å². The highest BCUT2D eigenvalue weighted by molar-refractivity contribution is 14.1. The van der Waals surface area contributed by atoms with Gasteiger partial charge in [-0.15, -0.1) is 0 Å². The van der Waals surface area contributed by atoms with E-state index in [9.17, 15) is 4.79 Å². The number of allylic oxidation sites excluding steroid dienone is 3. The lowest BCUT2D eigenvalue weighted by Crippen LogP contribution is -2.38. The van der Waals surface area contributed by atoms with Gasteiger partial charge in [-0.25, -0.2) is 0 Å². The summed E-state index contributed by atoms with van der Waals surface area (Å²) in [5, 5.41) is 8.87. The molecule has 1 aliphatic rings. The SMILES string of the molecule is O=C(O)C1(I)C=CC=CC1I. The zero-order valence-electron chi connectivity index (χ0n) is 5.50. The number of halogens is 2. The number of carboxylic acid groups (broad SMARTS) is 1. The normalized spacial score (nSPS) is 35.6. The van der Waals surface area contributed by atoms with Crippen molar-refractivity contribution in [3.8, 4) is 0 Å². The lowest BCUT2D eigenvalue weighted by atomic mass is 10.0. The van der Waals surface area contributed by atoms with Crippen molar-refractivity contribution in [3.63, 3.8) is 0 Å². The van der Waals surface area contributed by atoms with Gasteiger partial charge < -0.3 is 5.11 Å². The van der Waals surface area contributed by atoms with Crippen LogP contribution in [0.5, 0.6) is 0 Å². The van der Waals surface area contributed by atoms with E-state index >= 15 is 0 Å². The monoisotopic (exact) mass is 376 g/mol. The molecule has 0 aromatic heterocycles. The third-order valence-corrected chi connectivity index (χ3v) is 5.54. The van der Waals surface area contributed by atoms with Gasteiger partial charge in [0.1, 0.15) is 0 Å². The van der Waals surface area contributed by atoms with Gasteiger partial charge in [-0.1, -0.05) is 69.5 Å². The molecule has 4 heteroatoms. The van der Waals surface area contributed by atoms with Crippen LogP contribution >= 0.6 is 45.2 Å². The van der Waals surface area contributed by atoms with Crippen LogP contribution in [0.3, 0.4) is 0 Å². The first-order valence-electron chi connectivity index (χ1n) is 3.00. The Labute approximate surface area is 92.0 Å². The summed E-state index contributed by atoms with van der Waals surface area (Å²) in [4.78, 5) is 10.8. The van der Waals surface area contributed by atoms with E-state index in [2.05, 4.69) is 22.6 Å². The van der Waals surface area contributed by atoms with Gasteiger partial charge in [-0.2, -0.15) is 0 Å². The minimum absolute atomic E-state index is 0.0307. The lowest BCUT2D eigenvalue weighted by Gasteiger charge is -2.24. The molecule has 0 saturated heterocycles. The Bertz CT molecular complexity index is 235. The molecule has 0 saturated carbocycles. The molecule has 1 rings (SSSR count). The van der Waals surface area contributed by atoms with Crippen LogP contribution < -0.4 is 0 Å². The van der Waals surface area contributed by atoms with Crippen LogP contribution in [0.15, 0.2) is 24.3 Å². The summed E-state index contributed by atoms with van der Waals surface area (Å²) >= 11 is 4.09. The highest BCUT2D eigenvalue weighted by Gasteiger charge is 2.39. The van der Waals surface area contributed by atoms with Crippen LogP contribution in [-0.4, -0.2) is 18.4 Å². The van der Waals surface area contributed by atoms with Crippen LogP contribution in [0.1, 0.15) is 0 Å². The Balaban J connectivity index is 2.94. The lowest BCUT2D eigenvalue weighted by molar-refractivity contribution is -0.137. The second-order valence-corrected chi connectivity index (χ2v) is 5.35. The largest absolute Gasteiger partial charge is 0.480 e. The molecule has 11 heavy (non-hydrogen) atoms. The number of rotatable bonds is 1. The van der Waals surface area contributed by atoms with Crippen molar-refractivity contribution in [1.29, 1.82) is 0 Å². The van der Waals surface area contributed by atoms with Crippen LogP contribution in [0.4, 0.5) is 0 Å². The molecule has 2 unspecified atom stereocenters. The third-order valence-electron chi connectivity index (χ3n) is 1.46. The molecule has 0 aromatic carbocycles. The summed E-state index contributed by atoms with van der Waals surface area (Å²) < 4.78 is -0.726. The first kappa shape index (κ1) is 9.50. The topological polar surface area (TPSA) is 37.3 Å². The second kappa shape index (κ2) is 3.42. The summed E-state index contributed by atoms with van der Waals surface area (Å²) in [7, 11) is 0. The van der Waals surface area contributed by atoms with Gasteiger partial charge in [0.15, 0.2) is 3.42 Å². The molecule has 0 radical (unpaired) electrons. The zero-order chi connectivity index (χ0) is 8.48. The maximum Gasteiger partial charge on any atom is 0.324 e. The minimum atomic E-state index is -0.780. The number of carboxylic acids is 1. The molecule has 0 aliphatic heterocycles. The van der Waals surface area contributed by atoms with Gasteiger partial charge in [-0.05, 0) is 0 Å². The van der Waals surface area contributed by atoms with Crippen LogP contribution in [0.2, 0.25) is 0 Å². The molecule has 1 aliphatic carbocycles. The first-order chi connectivity index (χ1) is 5.07. The standard InChI is InChI=1S/C7H6I2O2/c8-5-3-1-2-4-7(5,9)6(10)11/h1-5H,(H,10,11). The van der Waals surface area contributed by atoms with Crippen molar-refractivity contribution in [1.82, 2.24) is 0 Å². The molecule has 0 spiro atoms. The summed E-state index contributed by atoms with van der Waals surface area (Å²) in [6.45, 7) is 0. The fraction of sp³-hybridized carbons (Fsp3) is 0.286. The quantitative estimate of drug-likeness (QED) is 0.563. The molecule has 0 fully saturated rings. The zero-order valence-corrected chi connectivity index (χ0v) is 9.81. The van der Waals surface area contributed by atoms with Crippen molar-refractivity contribution in [2.75, 3.05) is 0 Å². The van der Waals surface area contributed by atoms with Crippen LogP contribution in [0.25, 0.3) is 0 Å². The molecule has 0 amide bonds. The molecule has 2 atom stereocenters. The fourth-order valence-corrected chi connectivity index (χ4v) is 1.91. The molecule has 0 aromatic rings. The van der Waals surface area contributed by atoms with Crippen LogP contribution in [-0.2, 0) is 4.79 Å². The third kappa shape index (κ3) is 1.77. The van der Waals surface area contributed by atoms with E-state index in [1.807, 2.05) is 34.7 Å². The van der Waals surface area contributed by atoms with Crippen LogP contribution in [0, 0.1) is 0 Å². The smallest absolute Gasteiger partial charge is 0.324 e. The van der Waals surface area contributed by atoms with Gasteiger partial charge in [0.2, 0.25) is 0 Å². The highest BCUT2D eigenvalue weighted by Crippen LogP contribution is 2.34. The molecular weight excluding hydrogens is 370 g/mol. The van der Waals surface area contributed by atoms with Crippen molar-refractivity contribution in [3.05, 3.63) is 24.3 Å². The molecule has 2 nitrogen and oxygen atoms in total. The summed E-state index contributed by atoms with van der Waals surface area (Å²) in [6.07, 6.45) is 7.25. The molecule has 0 bridgehead atoms. The van der Waals surface area contributed by atoms with Gasteiger partial charge in [-0.3, -0.25) is 4.79 Å². The number of aliphatic carboxylic acids is 1.